The van der Waals surface area contributed by atoms with E-state index in [4.69, 9.17) is 5.73 Å². The first-order valence-corrected chi connectivity index (χ1v) is 7.64. The van der Waals surface area contributed by atoms with Gasteiger partial charge in [0.25, 0.3) is 0 Å². The van der Waals surface area contributed by atoms with E-state index in [-0.39, 0.29) is 11.6 Å². The van der Waals surface area contributed by atoms with Crippen LogP contribution in [0.1, 0.15) is 51.6 Å². The third kappa shape index (κ3) is 3.30. The summed E-state index contributed by atoms with van der Waals surface area (Å²) in [6, 6.07) is 4.26. The van der Waals surface area contributed by atoms with Gasteiger partial charge >= 0.3 is 0 Å². The van der Waals surface area contributed by atoms with Gasteiger partial charge < -0.3 is 16.0 Å². The van der Waals surface area contributed by atoms with Gasteiger partial charge in [-0.2, -0.15) is 0 Å². The standard InChI is InChI=1S/C16H30N4/c1-6-11-18-14(13-10-9-12-19-15(13)17)16(7-2,8-3)20(4)5/h9-10,12,14,18H,6-8,11H2,1-5H3,(H2,17,19). The normalized spacial score (nSPS) is 13.7. The highest BCUT2D eigenvalue weighted by Crippen LogP contribution is 2.37. The highest BCUT2D eigenvalue weighted by molar-refractivity contribution is 5.42. The molecule has 0 saturated heterocycles. The second-order valence-corrected chi connectivity index (χ2v) is 5.57. The third-order valence-electron chi connectivity index (χ3n) is 4.43. The second kappa shape index (κ2) is 7.60. The van der Waals surface area contributed by atoms with Gasteiger partial charge in [-0.15, -0.1) is 0 Å². The molecule has 1 aromatic heterocycles. The monoisotopic (exact) mass is 278 g/mol. The summed E-state index contributed by atoms with van der Waals surface area (Å²) in [5.74, 6) is 0.634. The van der Waals surface area contributed by atoms with Crippen LogP contribution in [-0.4, -0.2) is 36.1 Å². The van der Waals surface area contributed by atoms with E-state index >= 15 is 0 Å². The summed E-state index contributed by atoms with van der Waals surface area (Å²) in [4.78, 5) is 6.59. The Morgan fingerprint density at radius 2 is 1.95 bits per heavy atom. The van der Waals surface area contributed by atoms with Gasteiger partial charge in [0.15, 0.2) is 0 Å². The average molecular weight is 278 g/mol. The van der Waals surface area contributed by atoms with Gasteiger partial charge in [-0.25, -0.2) is 4.98 Å². The molecule has 20 heavy (non-hydrogen) atoms. The number of hydrogen-bond acceptors (Lipinski definition) is 4. The minimum atomic E-state index is 0.0479. The Labute approximate surface area is 123 Å². The van der Waals surface area contributed by atoms with Crippen LogP contribution < -0.4 is 11.1 Å². The predicted molar refractivity (Wildman–Crippen MR) is 86.7 cm³/mol. The van der Waals surface area contributed by atoms with Crippen molar-refractivity contribution < 1.29 is 0 Å². The summed E-state index contributed by atoms with van der Waals surface area (Å²) in [5, 5.41) is 3.69. The van der Waals surface area contributed by atoms with Crippen molar-refractivity contribution in [1.29, 1.82) is 0 Å². The van der Waals surface area contributed by atoms with Crippen LogP contribution in [0, 0.1) is 0 Å². The molecular formula is C16H30N4. The Morgan fingerprint density at radius 3 is 2.40 bits per heavy atom. The van der Waals surface area contributed by atoms with Crippen molar-refractivity contribution in [2.45, 2.75) is 51.6 Å². The topological polar surface area (TPSA) is 54.2 Å². The molecule has 0 aromatic carbocycles. The van der Waals surface area contributed by atoms with Gasteiger partial charge in [-0.1, -0.05) is 26.8 Å². The molecule has 3 N–H and O–H groups in total. The van der Waals surface area contributed by atoms with Crippen molar-refractivity contribution in [2.75, 3.05) is 26.4 Å². The highest BCUT2D eigenvalue weighted by Gasteiger charge is 2.39. The highest BCUT2D eigenvalue weighted by atomic mass is 15.2. The molecule has 114 valence electrons. The fourth-order valence-corrected chi connectivity index (χ4v) is 3.10. The number of hydrogen-bond donors (Lipinski definition) is 2. The zero-order chi connectivity index (χ0) is 15.2. The predicted octanol–water partition coefficient (Wildman–Crippen LogP) is 2.82. The van der Waals surface area contributed by atoms with E-state index < -0.39 is 0 Å². The van der Waals surface area contributed by atoms with Gasteiger partial charge in [-0.3, -0.25) is 0 Å². The molecule has 1 aromatic rings. The number of nitrogen functional groups attached to an aromatic ring is 1. The lowest BCUT2D eigenvalue weighted by molar-refractivity contribution is 0.0883. The van der Waals surface area contributed by atoms with Crippen LogP contribution in [0.5, 0.6) is 0 Å². The molecule has 0 spiro atoms. The fourth-order valence-electron chi connectivity index (χ4n) is 3.10. The maximum Gasteiger partial charge on any atom is 0.128 e. The lowest BCUT2D eigenvalue weighted by atomic mass is 9.79. The van der Waals surface area contributed by atoms with Crippen LogP contribution in [-0.2, 0) is 0 Å². The molecule has 1 rings (SSSR count). The first-order valence-electron chi connectivity index (χ1n) is 7.64. The smallest absolute Gasteiger partial charge is 0.128 e. The Bertz CT molecular complexity index is 399. The largest absolute Gasteiger partial charge is 0.383 e. The Kier molecular flexibility index (Phi) is 6.43. The van der Waals surface area contributed by atoms with Crippen molar-refractivity contribution in [3.8, 4) is 0 Å². The summed E-state index contributed by atoms with van der Waals surface area (Å²) >= 11 is 0. The molecule has 0 aliphatic carbocycles. The van der Waals surface area contributed by atoms with Crippen LogP contribution in [0.15, 0.2) is 18.3 Å². The maximum atomic E-state index is 6.13. The van der Waals surface area contributed by atoms with Crippen molar-refractivity contribution in [3.63, 3.8) is 0 Å². The number of nitrogens with one attached hydrogen (secondary N) is 1. The van der Waals surface area contributed by atoms with Crippen LogP contribution in [0.25, 0.3) is 0 Å². The van der Waals surface area contributed by atoms with E-state index in [1.165, 1.54) is 0 Å². The van der Waals surface area contributed by atoms with E-state index in [2.05, 4.69) is 56.1 Å². The minimum Gasteiger partial charge on any atom is -0.383 e. The second-order valence-electron chi connectivity index (χ2n) is 5.57. The van der Waals surface area contributed by atoms with Gasteiger partial charge in [0.05, 0.1) is 6.04 Å². The molecule has 0 amide bonds. The zero-order valence-electron chi connectivity index (χ0n) is 13.6. The van der Waals surface area contributed by atoms with Gasteiger partial charge in [-0.05, 0) is 46.0 Å². The average Bonchev–Trinajstić information content (AvgIpc) is 2.44. The number of nitrogens with two attached hydrogens (primary N) is 1. The molecule has 0 bridgehead atoms. The lowest BCUT2D eigenvalue weighted by Crippen LogP contribution is -2.53. The van der Waals surface area contributed by atoms with Crippen LogP contribution >= 0.6 is 0 Å². The summed E-state index contributed by atoms with van der Waals surface area (Å²) in [6.45, 7) is 7.66. The van der Waals surface area contributed by atoms with E-state index in [0.717, 1.165) is 31.4 Å². The number of anilines is 1. The molecular weight excluding hydrogens is 248 g/mol. The van der Waals surface area contributed by atoms with Crippen molar-refractivity contribution >= 4 is 5.82 Å². The van der Waals surface area contributed by atoms with E-state index in [1.807, 2.05) is 6.07 Å². The van der Waals surface area contributed by atoms with Crippen LogP contribution in [0.2, 0.25) is 0 Å². The first-order chi connectivity index (χ1) is 9.53. The Hall–Kier alpha value is -1.13. The van der Waals surface area contributed by atoms with E-state index in [9.17, 15) is 0 Å². The molecule has 1 heterocycles. The van der Waals surface area contributed by atoms with E-state index in [1.54, 1.807) is 6.20 Å². The molecule has 0 radical (unpaired) electrons. The van der Waals surface area contributed by atoms with Crippen molar-refractivity contribution in [2.24, 2.45) is 0 Å². The Morgan fingerprint density at radius 1 is 1.30 bits per heavy atom. The van der Waals surface area contributed by atoms with Crippen LogP contribution in [0.3, 0.4) is 0 Å². The number of rotatable bonds is 8. The number of aromatic nitrogens is 1. The summed E-state index contributed by atoms with van der Waals surface area (Å²) in [5.41, 5.74) is 7.29. The van der Waals surface area contributed by atoms with E-state index in [0.29, 0.717) is 5.82 Å². The first kappa shape index (κ1) is 16.9. The summed E-state index contributed by atoms with van der Waals surface area (Å²) < 4.78 is 0. The summed E-state index contributed by atoms with van der Waals surface area (Å²) in [7, 11) is 4.31. The lowest BCUT2D eigenvalue weighted by Gasteiger charge is -2.46. The molecule has 0 saturated carbocycles. The van der Waals surface area contributed by atoms with Crippen molar-refractivity contribution in [3.05, 3.63) is 23.9 Å². The zero-order valence-corrected chi connectivity index (χ0v) is 13.6. The van der Waals surface area contributed by atoms with Gasteiger partial charge in [0.1, 0.15) is 5.82 Å². The number of nitrogens with zero attached hydrogens (tertiary/aromatic N) is 2. The molecule has 1 atom stereocenters. The molecule has 4 nitrogen and oxygen atoms in total. The summed E-state index contributed by atoms with van der Waals surface area (Å²) in [6.07, 6.45) is 4.98. The van der Waals surface area contributed by atoms with Gasteiger partial charge in [0, 0.05) is 17.3 Å². The third-order valence-corrected chi connectivity index (χ3v) is 4.43. The quantitative estimate of drug-likeness (QED) is 0.768. The molecule has 1 unspecified atom stereocenters. The minimum absolute atomic E-state index is 0.0479. The molecule has 0 fully saturated rings. The molecule has 0 aliphatic rings. The SMILES string of the molecule is CCCNC(c1cccnc1N)C(CC)(CC)N(C)C. The van der Waals surface area contributed by atoms with Crippen molar-refractivity contribution in [1.82, 2.24) is 15.2 Å². The molecule has 4 heteroatoms. The van der Waals surface area contributed by atoms with Gasteiger partial charge in [0.2, 0.25) is 0 Å². The number of pyridine rings is 1. The molecule has 0 aliphatic heterocycles. The van der Waals surface area contributed by atoms with Crippen LogP contribution in [0.4, 0.5) is 5.82 Å². The maximum absolute atomic E-state index is 6.13. The fraction of sp³-hybridized carbons (Fsp3) is 0.688. The Balaban J connectivity index is 3.26. The number of likely N-dealkylation sites (N-methyl/N-ethyl adjacent to an activating group) is 1.